The summed E-state index contributed by atoms with van der Waals surface area (Å²) >= 11 is 1.90. The molecule has 0 fully saturated rings. The topological polar surface area (TPSA) is 38.0 Å². The summed E-state index contributed by atoms with van der Waals surface area (Å²) in [6, 6.07) is 4.95. The second-order valence-electron chi connectivity index (χ2n) is 4.26. The van der Waals surface area contributed by atoms with Gasteiger partial charge in [-0.15, -0.1) is 11.8 Å². The number of benzene rings is 1. The summed E-state index contributed by atoms with van der Waals surface area (Å²) in [6.07, 6.45) is 0. The second-order valence-corrected chi connectivity index (χ2v) is 5.54. The molecule has 0 aliphatic carbocycles. The number of anilines is 1. The van der Waals surface area contributed by atoms with Crippen LogP contribution in [0.3, 0.4) is 0 Å². The summed E-state index contributed by atoms with van der Waals surface area (Å²) in [5.41, 5.74) is 9.72. The van der Waals surface area contributed by atoms with Crippen molar-refractivity contribution in [3.05, 3.63) is 23.3 Å². The second kappa shape index (κ2) is 4.06. The Kier molecular flexibility index (Phi) is 2.94. The smallest absolute Gasteiger partial charge is 0.0483 e. The van der Waals surface area contributed by atoms with Gasteiger partial charge in [0.15, 0.2) is 0 Å². The van der Waals surface area contributed by atoms with Crippen molar-refractivity contribution in [2.75, 3.05) is 11.9 Å². The van der Waals surface area contributed by atoms with E-state index in [1.165, 1.54) is 21.7 Å². The minimum atomic E-state index is 0.453. The van der Waals surface area contributed by atoms with Crippen molar-refractivity contribution in [2.45, 2.75) is 37.0 Å². The van der Waals surface area contributed by atoms with Gasteiger partial charge in [-0.3, -0.25) is 0 Å². The van der Waals surface area contributed by atoms with Crippen molar-refractivity contribution >= 4 is 17.4 Å². The van der Waals surface area contributed by atoms with Crippen LogP contribution < -0.4 is 11.1 Å². The van der Waals surface area contributed by atoms with Gasteiger partial charge in [-0.1, -0.05) is 0 Å². The fraction of sp³-hybridized carbons (Fsp3) is 0.500. The molecule has 2 rings (SSSR count). The van der Waals surface area contributed by atoms with Crippen molar-refractivity contribution in [1.29, 1.82) is 0 Å². The maximum atomic E-state index is 5.76. The number of thioether (sulfide) groups is 1. The molecule has 0 bridgehead atoms. The van der Waals surface area contributed by atoms with E-state index in [4.69, 9.17) is 5.73 Å². The van der Waals surface area contributed by atoms with Gasteiger partial charge in [0, 0.05) is 28.4 Å². The van der Waals surface area contributed by atoms with E-state index in [2.05, 4.69) is 38.2 Å². The summed E-state index contributed by atoms with van der Waals surface area (Å²) in [6.45, 7) is 7.24. The molecule has 2 unspecified atom stereocenters. The first-order chi connectivity index (χ1) is 7.11. The minimum Gasteiger partial charge on any atom is -0.380 e. The lowest BCUT2D eigenvalue weighted by Crippen LogP contribution is -2.37. The third-order valence-electron chi connectivity index (χ3n) is 3.05. The monoisotopic (exact) mass is 222 g/mol. The lowest BCUT2D eigenvalue weighted by atomic mass is 10.1. The number of hydrogen-bond acceptors (Lipinski definition) is 3. The van der Waals surface area contributed by atoms with Crippen molar-refractivity contribution in [3.8, 4) is 0 Å². The van der Waals surface area contributed by atoms with Crippen molar-refractivity contribution < 1.29 is 0 Å². The fourth-order valence-electron chi connectivity index (χ4n) is 1.86. The number of hydrogen-bond donors (Lipinski definition) is 2. The van der Waals surface area contributed by atoms with Gasteiger partial charge in [0.2, 0.25) is 0 Å². The molecule has 82 valence electrons. The molecule has 0 saturated heterocycles. The summed E-state index contributed by atoms with van der Waals surface area (Å²) < 4.78 is 0. The maximum absolute atomic E-state index is 5.76. The number of nitrogens with two attached hydrogens (primary N) is 1. The Labute approximate surface area is 95.6 Å². The van der Waals surface area contributed by atoms with E-state index in [0.29, 0.717) is 11.3 Å². The summed E-state index contributed by atoms with van der Waals surface area (Å²) in [4.78, 5) is 1.34. The van der Waals surface area contributed by atoms with Gasteiger partial charge in [-0.2, -0.15) is 0 Å². The molecule has 0 aromatic heterocycles. The normalized spacial score (nSPS) is 24.5. The van der Waals surface area contributed by atoms with Crippen LogP contribution in [0.5, 0.6) is 0 Å². The van der Waals surface area contributed by atoms with Crippen LogP contribution in [0.1, 0.15) is 18.1 Å². The molecule has 2 atom stereocenters. The average molecular weight is 222 g/mol. The van der Waals surface area contributed by atoms with Crippen molar-refractivity contribution in [1.82, 2.24) is 0 Å². The number of rotatable bonds is 1. The van der Waals surface area contributed by atoms with Gasteiger partial charge in [-0.25, -0.2) is 0 Å². The number of nitrogens with one attached hydrogen (secondary N) is 1. The highest BCUT2D eigenvalue weighted by molar-refractivity contribution is 8.00. The third-order valence-corrected chi connectivity index (χ3v) is 4.54. The van der Waals surface area contributed by atoms with Crippen LogP contribution in [0.25, 0.3) is 0 Å². The zero-order valence-corrected chi connectivity index (χ0v) is 10.3. The first kappa shape index (κ1) is 10.8. The highest BCUT2D eigenvalue weighted by Crippen LogP contribution is 2.38. The van der Waals surface area contributed by atoms with Gasteiger partial charge in [0.05, 0.1) is 0 Å². The van der Waals surface area contributed by atoms with Gasteiger partial charge in [0.25, 0.3) is 0 Å². The Morgan fingerprint density at radius 2 is 2.00 bits per heavy atom. The molecule has 1 aromatic rings. The van der Waals surface area contributed by atoms with E-state index in [1.54, 1.807) is 0 Å². The van der Waals surface area contributed by atoms with E-state index in [0.717, 1.165) is 6.54 Å². The Hall–Kier alpha value is -0.670. The van der Waals surface area contributed by atoms with E-state index in [-0.39, 0.29) is 0 Å². The molecule has 2 nitrogen and oxygen atoms in total. The molecule has 1 aliphatic rings. The highest BCUT2D eigenvalue weighted by Gasteiger charge is 2.24. The average Bonchev–Trinajstić information content (AvgIpc) is 2.20. The van der Waals surface area contributed by atoms with Gasteiger partial charge in [-0.05, 0) is 44.0 Å². The lowest BCUT2D eigenvalue weighted by Gasteiger charge is -2.31. The van der Waals surface area contributed by atoms with Crippen LogP contribution in [0.15, 0.2) is 17.0 Å². The zero-order valence-electron chi connectivity index (χ0n) is 9.50. The van der Waals surface area contributed by atoms with Crippen molar-refractivity contribution in [3.63, 3.8) is 0 Å². The van der Waals surface area contributed by atoms with Crippen LogP contribution in [0.2, 0.25) is 0 Å². The summed E-state index contributed by atoms with van der Waals surface area (Å²) in [5, 5.41) is 4.01. The molecule has 3 heteroatoms. The SMILES string of the molecule is Cc1cc2c(cc1C)SC(CN)C(C)N2. The maximum Gasteiger partial charge on any atom is 0.0483 e. The molecular weight excluding hydrogens is 204 g/mol. The zero-order chi connectivity index (χ0) is 11.0. The molecule has 0 amide bonds. The molecule has 0 saturated carbocycles. The Bertz CT molecular complexity index is 376. The largest absolute Gasteiger partial charge is 0.380 e. The minimum absolute atomic E-state index is 0.453. The van der Waals surface area contributed by atoms with E-state index < -0.39 is 0 Å². The van der Waals surface area contributed by atoms with E-state index >= 15 is 0 Å². The predicted octanol–water partition coefficient (Wildman–Crippen LogP) is 2.54. The predicted molar refractivity (Wildman–Crippen MR) is 67.7 cm³/mol. The molecule has 3 N–H and O–H groups in total. The summed E-state index contributed by atoms with van der Waals surface area (Å²) in [7, 11) is 0. The Balaban J connectivity index is 2.37. The Morgan fingerprint density at radius 1 is 1.33 bits per heavy atom. The molecule has 0 radical (unpaired) electrons. The Morgan fingerprint density at radius 3 is 2.67 bits per heavy atom. The molecule has 1 aromatic carbocycles. The lowest BCUT2D eigenvalue weighted by molar-refractivity contribution is 0.723. The van der Waals surface area contributed by atoms with Gasteiger partial charge < -0.3 is 11.1 Å². The van der Waals surface area contributed by atoms with Gasteiger partial charge in [0.1, 0.15) is 0 Å². The van der Waals surface area contributed by atoms with Crippen LogP contribution in [-0.2, 0) is 0 Å². The standard InChI is InChI=1S/C12H18N2S/c1-7-4-10-11(5-8(7)2)15-12(6-13)9(3)14-10/h4-5,9,12,14H,6,13H2,1-3H3. The molecule has 0 spiro atoms. The summed E-state index contributed by atoms with van der Waals surface area (Å²) in [5.74, 6) is 0. The van der Waals surface area contributed by atoms with Crippen LogP contribution in [0, 0.1) is 13.8 Å². The van der Waals surface area contributed by atoms with E-state index in [9.17, 15) is 0 Å². The number of aryl methyl sites for hydroxylation is 2. The van der Waals surface area contributed by atoms with Crippen LogP contribution in [0.4, 0.5) is 5.69 Å². The quantitative estimate of drug-likeness (QED) is 0.767. The molecule has 15 heavy (non-hydrogen) atoms. The van der Waals surface area contributed by atoms with Crippen molar-refractivity contribution in [2.24, 2.45) is 5.73 Å². The highest BCUT2D eigenvalue weighted by atomic mass is 32.2. The first-order valence-corrected chi connectivity index (χ1v) is 6.24. The third kappa shape index (κ3) is 1.99. The fourth-order valence-corrected chi connectivity index (χ4v) is 3.04. The van der Waals surface area contributed by atoms with Crippen LogP contribution >= 0.6 is 11.8 Å². The molecular formula is C12H18N2S. The van der Waals surface area contributed by atoms with Crippen LogP contribution in [-0.4, -0.2) is 17.8 Å². The first-order valence-electron chi connectivity index (χ1n) is 5.36. The number of fused-ring (bicyclic) bond motifs is 1. The van der Waals surface area contributed by atoms with E-state index in [1.807, 2.05) is 11.8 Å². The van der Waals surface area contributed by atoms with Gasteiger partial charge >= 0.3 is 0 Å². The molecule has 1 aliphatic heterocycles. The molecule has 1 heterocycles.